The van der Waals surface area contributed by atoms with Crippen molar-refractivity contribution in [2.75, 3.05) is 7.05 Å². The zero-order valence-electron chi connectivity index (χ0n) is 14.8. The van der Waals surface area contributed by atoms with Gasteiger partial charge in [-0.15, -0.1) is 12.4 Å². The lowest BCUT2D eigenvalue weighted by atomic mass is 10.0. The molecule has 0 spiro atoms. The van der Waals surface area contributed by atoms with Crippen molar-refractivity contribution in [3.8, 4) is 0 Å². The lowest BCUT2D eigenvalue weighted by Crippen LogP contribution is -2.42. The minimum absolute atomic E-state index is 0. The first-order valence-electron chi connectivity index (χ1n) is 8.38. The summed E-state index contributed by atoms with van der Waals surface area (Å²) in [7, 11) is 1.78. The van der Waals surface area contributed by atoms with Crippen LogP contribution in [0.3, 0.4) is 0 Å². The molecule has 2 aromatic heterocycles. The van der Waals surface area contributed by atoms with Gasteiger partial charge in [-0.3, -0.25) is 4.79 Å². The van der Waals surface area contributed by atoms with E-state index in [9.17, 15) is 4.79 Å². The highest BCUT2D eigenvalue weighted by Crippen LogP contribution is 2.19. The van der Waals surface area contributed by atoms with Crippen molar-refractivity contribution in [3.05, 3.63) is 59.8 Å². The SMILES string of the molecule is CN(Cc1ccc2nsnc2c1)C(=O)[C@@H](N)Cc1c[nH]c2ccccc12.Cl. The Morgan fingerprint density at radius 1 is 1.22 bits per heavy atom. The highest BCUT2D eigenvalue weighted by Gasteiger charge is 2.20. The molecule has 140 valence electrons. The topological polar surface area (TPSA) is 87.9 Å². The number of amides is 1. The molecule has 3 N–H and O–H groups in total. The van der Waals surface area contributed by atoms with Crippen LogP contribution < -0.4 is 5.73 Å². The summed E-state index contributed by atoms with van der Waals surface area (Å²) in [6, 6.07) is 13.3. The zero-order chi connectivity index (χ0) is 18.1. The van der Waals surface area contributed by atoms with Gasteiger partial charge in [-0.05, 0) is 35.7 Å². The van der Waals surface area contributed by atoms with Crippen LogP contribution in [0.25, 0.3) is 21.9 Å². The molecule has 4 rings (SSSR count). The van der Waals surface area contributed by atoms with Gasteiger partial charge in [0.1, 0.15) is 11.0 Å². The maximum Gasteiger partial charge on any atom is 0.239 e. The molecular weight excluding hydrogens is 382 g/mol. The maximum atomic E-state index is 12.7. The summed E-state index contributed by atoms with van der Waals surface area (Å²) in [6.45, 7) is 0.494. The highest BCUT2D eigenvalue weighted by molar-refractivity contribution is 7.00. The van der Waals surface area contributed by atoms with Crippen molar-refractivity contribution in [3.63, 3.8) is 0 Å². The number of hydrogen-bond donors (Lipinski definition) is 2. The van der Waals surface area contributed by atoms with Gasteiger partial charge >= 0.3 is 0 Å². The predicted molar refractivity (Wildman–Crippen MR) is 111 cm³/mol. The fourth-order valence-electron chi connectivity index (χ4n) is 3.19. The van der Waals surface area contributed by atoms with Crippen molar-refractivity contribution in [1.82, 2.24) is 18.6 Å². The number of carbonyl (C=O) groups is 1. The van der Waals surface area contributed by atoms with E-state index >= 15 is 0 Å². The van der Waals surface area contributed by atoms with E-state index in [1.807, 2.05) is 48.7 Å². The Labute approximate surface area is 167 Å². The molecular formula is C19H20ClN5OS. The molecule has 0 bridgehead atoms. The first-order chi connectivity index (χ1) is 12.6. The number of likely N-dealkylation sites (N-methyl/N-ethyl adjacent to an activating group) is 1. The molecule has 1 amide bonds. The lowest BCUT2D eigenvalue weighted by Gasteiger charge is -2.21. The molecule has 4 aromatic rings. The van der Waals surface area contributed by atoms with Gasteiger partial charge in [-0.1, -0.05) is 24.3 Å². The second-order valence-corrected chi connectivity index (χ2v) is 6.98. The fraction of sp³-hybridized carbons (Fsp3) is 0.211. The van der Waals surface area contributed by atoms with Crippen LogP contribution in [0.15, 0.2) is 48.7 Å². The summed E-state index contributed by atoms with van der Waals surface area (Å²) in [5, 5.41) is 1.11. The van der Waals surface area contributed by atoms with Crippen LogP contribution in [-0.2, 0) is 17.8 Å². The predicted octanol–water partition coefficient (Wildman–Crippen LogP) is 3.12. The molecule has 2 heterocycles. The largest absolute Gasteiger partial charge is 0.361 e. The average molecular weight is 402 g/mol. The summed E-state index contributed by atoms with van der Waals surface area (Å²) in [6.07, 6.45) is 2.43. The van der Waals surface area contributed by atoms with E-state index in [2.05, 4.69) is 13.7 Å². The second kappa shape index (κ2) is 8.04. The molecule has 8 heteroatoms. The Morgan fingerprint density at radius 3 is 2.85 bits per heavy atom. The fourth-order valence-corrected chi connectivity index (χ4v) is 3.70. The van der Waals surface area contributed by atoms with Crippen LogP contribution in [0.5, 0.6) is 0 Å². The Balaban J connectivity index is 0.00000210. The maximum absolute atomic E-state index is 12.7. The van der Waals surface area contributed by atoms with E-state index in [-0.39, 0.29) is 18.3 Å². The Morgan fingerprint density at radius 2 is 2.00 bits per heavy atom. The van der Waals surface area contributed by atoms with E-state index in [0.717, 1.165) is 33.1 Å². The second-order valence-electron chi connectivity index (χ2n) is 6.45. The third-order valence-electron chi connectivity index (χ3n) is 4.55. The summed E-state index contributed by atoms with van der Waals surface area (Å²) < 4.78 is 8.44. The highest BCUT2D eigenvalue weighted by atomic mass is 35.5. The summed E-state index contributed by atoms with van der Waals surface area (Å²) in [5.74, 6) is -0.0771. The molecule has 2 aromatic carbocycles. The van der Waals surface area contributed by atoms with Crippen molar-refractivity contribution in [1.29, 1.82) is 0 Å². The molecule has 0 fully saturated rings. The smallest absolute Gasteiger partial charge is 0.239 e. The van der Waals surface area contributed by atoms with Gasteiger partial charge in [-0.25, -0.2) is 0 Å². The molecule has 0 aliphatic rings. The quantitative estimate of drug-likeness (QED) is 0.537. The molecule has 0 saturated carbocycles. The molecule has 0 saturated heterocycles. The Bertz CT molecular complexity index is 1080. The number of nitrogens with two attached hydrogens (primary N) is 1. The number of benzene rings is 2. The first-order valence-corrected chi connectivity index (χ1v) is 9.11. The van der Waals surface area contributed by atoms with Crippen LogP contribution in [0.2, 0.25) is 0 Å². The first kappa shape index (κ1) is 19.3. The number of fused-ring (bicyclic) bond motifs is 2. The van der Waals surface area contributed by atoms with Crippen molar-refractivity contribution in [2.24, 2.45) is 5.73 Å². The molecule has 0 radical (unpaired) electrons. The van der Waals surface area contributed by atoms with Crippen LogP contribution in [0, 0.1) is 0 Å². The normalized spacial score (nSPS) is 12.1. The van der Waals surface area contributed by atoms with Gasteiger partial charge in [0.05, 0.1) is 17.8 Å². The lowest BCUT2D eigenvalue weighted by molar-refractivity contribution is -0.131. The van der Waals surface area contributed by atoms with E-state index in [4.69, 9.17) is 5.73 Å². The number of aromatic nitrogens is 3. The molecule has 0 unspecified atom stereocenters. The van der Waals surface area contributed by atoms with E-state index in [1.54, 1.807) is 11.9 Å². The number of aromatic amines is 1. The number of H-pyrrole nitrogens is 1. The Kier molecular flexibility index (Phi) is 5.74. The number of para-hydroxylation sites is 1. The molecule has 6 nitrogen and oxygen atoms in total. The van der Waals surface area contributed by atoms with Gasteiger partial charge < -0.3 is 15.6 Å². The third-order valence-corrected chi connectivity index (χ3v) is 5.10. The monoisotopic (exact) mass is 401 g/mol. The van der Waals surface area contributed by atoms with Crippen LogP contribution in [0.4, 0.5) is 0 Å². The van der Waals surface area contributed by atoms with Crippen LogP contribution >= 0.6 is 24.1 Å². The average Bonchev–Trinajstić information content (AvgIpc) is 3.27. The minimum atomic E-state index is -0.580. The summed E-state index contributed by atoms with van der Waals surface area (Å²) >= 11 is 1.19. The third kappa shape index (κ3) is 3.95. The standard InChI is InChI=1S/C19H19N5OS.ClH/c1-24(11-12-6-7-17-18(8-12)23-26-22-17)19(25)15(20)9-13-10-21-16-5-3-2-4-14(13)16;/h2-8,10,15,21H,9,11,20H2,1H3;1H/t15-;/m0./s1. The summed E-state index contributed by atoms with van der Waals surface area (Å²) in [4.78, 5) is 17.6. The van der Waals surface area contributed by atoms with Gasteiger partial charge in [-0.2, -0.15) is 8.75 Å². The van der Waals surface area contributed by atoms with Crippen LogP contribution in [0.1, 0.15) is 11.1 Å². The minimum Gasteiger partial charge on any atom is -0.361 e. The zero-order valence-corrected chi connectivity index (χ0v) is 16.4. The number of hydrogen-bond acceptors (Lipinski definition) is 5. The van der Waals surface area contributed by atoms with Gasteiger partial charge in [0, 0.05) is 30.7 Å². The van der Waals surface area contributed by atoms with E-state index < -0.39 is 6.04 Å². The number of nitrogens with zero attached hydrogens (tertiary/aromatic N) is 3. The van der Waals surface area contributed by atoms with Gasteiger partial charge in [0.25, 0.3) is 0 Å². The number of nitrogens with one attached hydrogen (secondary N) is 1. The van der Waals surface area contributed by atoms with E-state index in [0.29, 0.717) is 13.0 Å². The van der Waals surface area contributed by atoms with Gasteiger partial charge in [0.15, 0.2) is 0 Å². The molecule has 1 atom stereocenters. The number of rotatable bonds is 5. The van der Waals surface area contributed by atoms with Crippen LogP contribution in [-0.4, -0.2) is 37.6 Å². The summed E-state index contributed by atoms with van der Waals surface area (Å²) in [5.41, 5.74) is 11.1. The Hall–Kier alpha value is -2.48. The molecule has 27 heavy (non-hydrogen) atoms. The van der Waals surface area contributed by atoms with Gasteiger partial charge in [0.2, 0.25) is 5.91 Å². The number of halogens is 1. The molecule has 0 aliphatic carbocycles. The van der Waals surface area contributed by atoms with Crippen molar-refractivity contribution < 1.29 is 4.79 Å². The molecule has 0 aliphatic heterocycles. The van der Waals surface area contributed by atoms with Crippen molar-refractivity contribution >= 4 is 52.0 Å². The number of carbonyl (C=O) groups excluding carboxylic acids is 1. The van der Waals surface area contributed by atoms with E-state index in [1.165, 1.54) is 11.7 Å². The van der Waals surface area contributed by atoms with Crippen molar-refractivity contribution in [2.45, 2.75) is 19.0 Å².